The molecule has 0 saturated carbocycles. The molecule has 6 nitrogen and oxygen atoms in total. The fourth-order valence-electron chi connectivity index (χ4n) is 3.61. The molecule has 2 aromatic heterocycles. The number of aromatic nitrogens is 3. The minimum atomic E-state index is 0.167. The van der Waals surface area contributed by atoms with Crippen LogP contribution in [0.5, 0.6) is 0 Å². The Balaban J connectivity index is 1.51. The van der Waals surface area contributed by atoms with Crippen molar-refractivity contribution in [2.45, 2.75) is 27.2 Å². The maximum atomic E-state index is 12.7. The van der Waals surface area contributed by atoms with Crippen LogP contribution in [0.2, 0.25) is 0 Å². The number of amides is 1. The van der Waals surface area contributed by atoms with Crippen molar-refractivity contribution in [2.24, 2.45) is 0 Å². The van der Waals surface area contributed by atoms with E-state index in [1.165, 1.54) is 5.56 Å². The Labute approximate surface area is 159 Å². The average molecular weight is 363 g/mol. The summed E-state index contributed by atoms with van der Waals surface area (Å²) in [6, 6.07) is 12.3. The van der Waals surface area contributed by atoms with Crippen LogP contribution in [-0.4, -0.2) is 51.6 Å². The van der Waals surface area contributed by atoms with E-state index in [4.69, 9.17) is 0 Å². The molecule has 0 unspecified atom stereocenters. The van der Waals surface area contributed by atoms with Gasteiger partial charge in [0.25, 0.3) is 0 Å². The number of rotatable bonds is 4. The molecule has 0 spiro atoms. The number of hydrogen-bond acceptors (Lipinski definition) is 4. The highest BCUT2D eigenvalue weighted by Gasteiger charge is 2.26. The van der Waals surface area contributed by atoms with Crippen molar-refractivity contribution in [1.29, 1.82) is 0 Å². The predicted molar refractivity (Wildman–Crippen MR) is 106 cm³/mol. The lowest BCUT2D eigenvalue weighted by atomic mass is 10.1. The Hall–Kier alpha value is -2.89. The normalized spacial score (nSPS) is 15.0. The number of aryl methyl sites for hydroxylation is 3. The fraction of sp³-hybridized carbons (Fsp3) is 0.381. The summed E-state index contributed by atoms with van der Waals surface area (Å²) in [5.74, 6) is 1.12. The van der Waals surface area contributed by atoms with Gasteiger partial charge in [-0.2, -0.15) is 9.61 Å². The summed E-state index contributed by atoms with van der Waals surface area (Å²) in [5.41, 5.74) is 5.15. The minimum Gasteiger partial charge on any atom is -0.345 e. The van der Waals surface area contributed by atoms with E-state index in [0.29, 0.717) is 6.54 Å². The lowest BCUT2D eigenvalue weighted by Crippen LogP contribution is -2.51. The highest BCUT2D eigenvalue weighted by molar-refractivity contribution is 5.82. The van der Waals surface area contributed by atoms with Gasteiger partial charge in [0.2, 0.25) is 5.91 Å². The fourth-order valence-corrected chi connectivity index (χ4v) is 3.61. The van der Waals surface area contributed by atoms with Crippen LogP contribution in [0.25, 0.3) is 5.65 Å². The second-order valence-electron chi connectivity index (χ2n) is 7.24. The van der Waals surface area contributed by atoms with Crippen molar-refractivity contribution < 1.29 is 4.79 Å². The summed E-state index contributed by atoms with van der Waals surface area (Å²) in [6.07, 6.45) is 0.892. The Bertz CT molecular complexity index is 979. The molecule has 0 radical (unpaired) electrons. The average Bonchev–Trinajstić information content (AvgIpc) is 2.95. The third kappa shape index (κ3) is 3.39. The zero-order chi connectivity index (χ0) is 19.0. The highest BCUT2D eigenvalue weighted by Crippen LogP contribution is 2.22. The van der Waals surface area contributed by atoms with E-state index >= 15 is 0 Å². The van der Waals surface area contributed by atoms with E-state index in [9.17, 15) is 4.79 Å². The topological polar surface area (TPSA) is 53.7 Å². The van der Waals surface area contributed by atoms with Crippen LogP contribution in [0.15, 0.2) is 36.4 Å². The summed E-state index contributed by atoms with van der Waals surface area (Å²) < 4.78 is 1.88. The number of hydrogen-bond donors (Lipinski definition) is 0. The lowest BCUT2D eigenvalue weighted by molar-refractivity contribution is -0.130. The van der Waals surface area contributed by atoms with Crippen LogP contribution in [0.3, 0.4) is 0 Å². The first-order valence-electron chi connectivity index (χ1n) is 9.43. The molecule has 3 heterocycles. The maximum absolute atomic E-state index is 12.7. The molecule has 0 N–H and O–H groups in total. The molecule has 1 saturated heterocycles. The number of piperazine rings is 1. The van der Waals surface area contributed by atoms with Crippen molar-refractivity contribution in [3.63, 3.8) is 0 Å². The van der Waals surface area contributed by atoms with Crippen LogP contribution in [0.4, 0.5) is 5.82 Å². The molecule has 3 aromatic rings. The number of nitrogens with zero attached hydrogens (tertiary/aromatic N) is 5. The molecule has 0 aliphatic carbocycles. The largest absolute Gasteiger partial charge is 0.345 e. The van der Waals surface area contributed by atoms with Gasteiger partial charge < -0.3 is 9.80 Å². The van der Waals surface area contributed by atoms with E-state index in [2.05, 4.69) is 27.1 Å². The minimum absolute atomic E-state index is 0.167. The third-order valence-corrected chi connectivity index (χ3v) is 5.32. The Morgan fingerprint density at radius 1 is 1.07 bits per heavy atom. The smallest absolute Gasteiger partial charge is 0.242 e. The molecule has 6 heteroatoms. The summed E-state index contributed by atoms with van der Waals surface area (Å²) >= 11 is 0. The Morgan fingerprint density at radius 2 is 1.85 bits per heavy atom. The number of benzene rings is 1. The van der Waals surface area contributed by atoms with Crippen LogP contribution in [0.1, 0.15) is 22.5 Å². The van der Waals surface area contributed by atoms with Crippen molar-refractivity contribution >= 4 is 17.4 Å². The molecular weight excluding hydrogens is 338 g/mol. The summed E-state index contributed by atoms with van der Waals surface area (Å²) in [5, 5.41) is 4.64. The zero-order valence-electron chi connectivity index (χ0n) is 16.1. The second kappa shape index (κ2) is 7.02. The molecule has 1 aromatic carbocycles. The monoisotopic (exact) mass is 363 g/mol. The molecule has 1 aliphatic heterocycles. The van der Waals surface area contributed by atoms with Crippen molar-refractivity contribution in [3.05, 3.63) is 58.9 Å². The number of anilines is 1. The molecular formula is C21H25N5O. The van der Waals surface area contributed by atoms with E-state index in [1.807, 2.05) is 54.5 Å². The Kier molecular flexibility index (Phi) is 4.56. The standard InChI is InChI=1S/C21H25N5O/c1-15-13-19(26-21(22-15)16(2)17(3)23-26)25-12-11-24(20(27)14-25)10-9-18-7-5-4-6-8-18/h4-8,13H,9-12,14H2,1-3H3. The third-order valence-electron chi connectivity index (χ3n) is 5.32. The number of carbonyl (C=O) groups is 1. The van der Waals surface area contributed by atoms with Crippen molar-refractivity contribution in [1.82, 2.24) is 19.5 Å². The van der Waals surface area contributed by atoms with Crippen LogP contribution >= 0.6 is 0 Å². The van der Waals surface area contributed by atoms with Crippen LogP contribution < -0.4 is 4.90 Å². The van der Waals surface area contributed by atoms with Gasteiger partial charge in [-0.25, -0.2) is 4.98 Å². The SMILES string of the molecule is Cc1cc(N2CCN(CCc3ccccc3)C(=O)C2)n2nc(C)c(C)c2n1. The van der Waals surface area contributed by atoms with Gasteiger partial charge in [0.05, 0.1) is 12.2 Å². The van der Waals surface area contributed by atoms with E-state index in [0.717, 1.165) is 54.5 Å². The second-order valence-corrected chi connectivity index (χ2v) is 7.24. The zero-order valence-corrected chi connectivity index (χ0v) is 16.1. The van der Waals surface area contributed by atoms with Crippen molar-refractivity contribution in [3.8, 4) is 0 Å². The number of fused-ring (bicyclic) bond motifs is 1. The van der Waals surface area contributed by atoms with E-state index in [1.54, 1.807) is 0 Å². The van der Waals surface area contributed by atoms with E-state index in [-0.39, 0.29) is 5.91 Å². The van der Waals surface area contributed by atoms with E-state index < -0.39 is 0 Å². The van der Waals surface area contributed by atoms with Gasteiger partial charge >= 0.3 is 0 Å². The van der Waals surface area contributed by atoms with Crippen molar-refractivity contribution in [2.75, 3.05) is 31.1 Å². The summed E-state index contributed by atoms with van der Waals surface area (Å²) in [6.45, 7) is 8.71. The van der Waals surface area contributed by atoms with Gasteiger partial charge in [0, 0.05) is 37.0 Å². The van der Waals surface area contributed by atoms with Gasteiger partial charge in [-0.3, -0.25) is 4.79 Å². The molecule has 27 heavy (non-hydrogen) atoms. The maximum Gasteiger partial charge on any atom is 0.242 e. The van der Waals surface area contributed by atoms with Crippen LogP contribution in [0, 0.1) is 20.8 Å². The molecule has 0 atom stereocenters. The Morgan fingerprint density at radius 3 is 2.59 bits per heavy atom. The quantitative estimate of drug-likeness (QED) is 0.715. The van der Waals surface area contributed by atoms with Gasteiger partial charge in [-0.05, 0) is 32.8 Å². The van der Waals surface area contributed by atoms with Gasteiger partial charge in [-0.15, -0.1) is 0 Å². The van der Waals surface area contributed by atoms with Gasteiger partial charge in [-0.1, -0.05) is 30.3 Å². The van der Waals surface area contributed by atoms with Crippen LogP contribution in [-0.2, 0) is 11.2 Å². The summed E-state index contributed by atoms with van der Waals surface area (Å²) in [4.78, 5) is 21.4. The van der Waals surface area contributed by atoms with Gasteiger partial charge in [0.15, 0.2) is 5.65 Å². The first kappa shape index (κ1) is 17.5. The lowest BCUT2D eigenvalue weighted by Gasteiger charge is -2.35. The van der Waals surface area contributed by atoms with Gasteiger partial charge in [0.1, 0.15) is 5.82 Å². The molecule has 4 rings (SSSR count). The first-order chi connectivity index (χ1) is 13.0. The first-order valence-corrected chi connectivity index (χ1v) is 9.43. The predicted octanol–water partition coefficient (Wildman–Crippen LogP) is 2.55. The molecule has 140 valence electrons. The summed E-state index contributed by atoms with van der Waals surface area (Å²) in [7, 11) is 0. The highest BCUT2D eigenvalue weighted by atomic mass is 16.2. The molecule has 1 fully saturated rings. The number of carbonyl (C=O) groups excluding carboxylic acids is 1. The molecule has 1 amide bonds. The molecule has 0 bridgehead atoms. The molecule has 1 aliphatic rings.